The number of anilines is 2. The maximum atomic E-state index is 3.85. The van der Waals surface area contributed by atoms with E-state index in [1.165, 1.54) is 44.8 Å². The van der Waals surface area contributed by atoms with Gasteiger partial charge in [-0.2, -0.15) is 0 Å². The van der Waals surface area contributed by atoms with Gasteiger partial charge in [0.1, 0.15) is 4.95 Å². The van der Waals surface area contributed by atoms with Crippen LogP contribution in [0, 0.1) is 41.5 Å². The van der Waals surface area contributed by atoms with Crippen LogP contribution in [0.3, 0.4) is 0 Å². The standard InChI is InChI=1S/C20H26BrN3/c1-12-7-14(3)19(15(4)8-12)23-11-18(21)24(22-23)20-16(5)9-13(2)10-17(20)6/h7-10,18,22H,11H2,1-6H3. The largest absolute Gasteiger partial charge is 0.287 e. The van der Waals surface area contributed by atoms with Crippen LogP contribution in [0.5, 0.6) is 0 Å². The molecule has 1 saturated heterocycles. The number of nitrogens with zero attached hydrogens (tertiary/aromatic N) is 2. The van der Waals surface area contributed by atoms with Gasteiger partial charge in [0.25, 0.3) is 0 Å². The highest BCUT2D eigenvalue weighted by atomic mass is 79.9. The second-order valence-electron chi connectivity index (χ2n) is 7.01. The minimum atomic E-state index is 0.220. The van der Waals surface area contributed by atoms with Gasteiger partial charge >= 0.3 is 0 Å². The first-order chi connectivity index (χ1) is 11.3. The number of hydrogen-bond donors (Lipinski definition) is 1. The molecule has 1 N–H and O–H groups in total. The first-order valence-corrected chi connectivity index (χ1v) is 9.32. The van der Waals surface area contributed by atoms with Crippen LogP contribution in [-0.4, -0.2) is 11.5 Å². The molecule has 3 rings (SSSR count). The summed E-state index contributed by atoms with van der Waals surface area (Å²) in [4.78, 5) is 0.220. The van der Waals surface area contributed by atoms with Crippen molar-refractivity contribution in [2.75, 3.05) is 16.6 Å². The predicted octanol–water partition coefficient (Wildman–Crippen LogP) is 5.00. The molecule has 0 aliphatic carbocycles. The number of halogens is 1. The van der Waals surface area contributed by atoms with E-state index in [1.807, 2.05) is 0 Å². The van der Waals surface area contributed by atoms with E-state index in [4.69, 9.17) is 0 Å². The Hall–Kier alpha value is -1.52. The SMILES string of the molecule is Cc1cc(C)c(N2CC(Br)N(c3c(C)cc(C)cc3C)N2)c(C)c1. The van der Waals surface area contributed by atoms with E-state index in [-0.39, 0.29) is 4.95 Å². The lowest BCUT2D eigenvalue weighted by Crippen LogP contribution is -2.42. The van der Waals surface area contributed by atoms with Crippen molar-refractivity contribution in [3.8, 4) is 0 Å². The Kier molecular flexibility index (Phi) is 4.63. The Bertz CT molecular complexity index is 738. The Morgan fingerprint density at radius 3 is 1.67 bits per heavy atom. The zero-order valence-corrected chi connectivity index (χ0v) is 17.0. The average Bonchev–Trinajstić information content (AvgIpc) is 2.78. The number of nitrogens with one attached hydrogen (secondary N) is 1. The molecule has 1 fully saturated rings. The lowest BCUT2D eigenvalue weighted by atomic mass is 10.0. The molecule has 1 unspecified atom stereocenters. The van der Waals surface area contributed by atoms with E-state index in [0.29, 0.717) is 0 Å². The lowest BCUT2D eigenvalue weighted by Gasteiger charge is -2.28. The summed E-state index contributed by atoms with van der Waals surface area (Å²) in [6.07, 6.45) is 0. The summed E-state index contributed by atoms with van der Waals surface area (Å²) in [6, 6.07) is 8.99. The molecule has 0 radical (unpaired) electrons. The van der Waals surface area contributed by atoms with E-state index < -0.39 is 0 Å². The first kappa shape index (κ1) is 17.3. The Balaban J connectivity index is 1.97. The van der Waals surface area contributed by atoms with Crippen LogP contribution >= 0.6 is 15.9 Å². The molecule has 128 valence electrons. The topological polar surface area (TPSA) is 18.5 Å². The minimum Gasteiger partial charge on any atom is -0.287 e. The fourth-order valence-corrected chi connectivity index (χ4v) is 4.53. The number of hydrogen-bond acceptors (Lipinski definition) is 3. The van der Waals surface area contributed by atoms with Crippen molar-refractivity contribution in [2.45, 2.75) is 46.5 Å². The monoisotopic (exact) mass is 387 g/mol. The number of rotatable bonds is 2. The highest BCUT2D eigenvalue weighted by molar-refractivity contribution is 9.09. The molecule has 0 aromatic heterocycles. The van der Waals surface area contributed by atoms with Crippen molar-refractivity contribution in [3.63, 3.8) is 0 Å². The molecule has 2 aromatic carbocycles. The highest BCUT2D eigenvalue weighted by Crippen LogP contribution is 2.34. The van der Waals surface area contributed by atoms with Gasteiger partial charge in [0.2, 0.25) is 0 Å². The van der Waals surface area contributed by atoms with Crippen LogP contribution in [0.25, 0.3) is 0 Å². The van der Waals surface area contributed by atoms with Crippen LogP contribution in [0.2, 0.25) is 0 Å². The molecular weight excluding hydrogens is 362 g/mol. The van der Waals surface area contributed by atoms with Crippen molar-refractivity contribution in [1.82, 2.24) is 5.53 Å². The fourth-order valence-electron chi connectivity index (χ4n) is 3.95. The fraction of sp³-hybridized carbons (Fsp3) is 0.400. The van der Waals surface area contributed by atoms with Crippen LogP contribution in [0.1, 0.15) is 33.4 Å². The summed E-state index contributed by atoms with van der Waals surface area (Å²) in [6.45, 7) is 13.9. The van der Waals surface area contributed by atoms with E-state index in [1.54, 1.807) is 0 Å². The molecule has 1 heterocycles. The summed E-state index contributed by atoms with van der Waals surface area (Å²) in [5, 5.41) is 4.49. The van der Waals surface area contributed by atoms with Gasteiger partial charge in [-0.25, -0.2) is 0 Å². The molecule has 0 bridgehead atoms. The Morgan fingerprint density at radius 1 is 0.792 bits per heavy atom. The van der Waals surface area contributed by atoms with Crippen molar-refractivity contribution in [1.29, 1.82) is 0 Å². The third-order valence-corrected chi connectivity index (χ3v) is 5.32. The van der Waals surface area contributed by atoms with Gasteiger partial charge in [0.15, 0.2) is 0 Å². The van der Waals surface area contributed by atoms with Gasteiger partial charge in [0.05, 0.1) is 17.9 Å². The summed E-state index contributed by atoms with van der Waals surface area (Å²) >= 11 is 3.85. The highest BCUT2D eigenvalue weighted by Gasteiger charge is 2.31. The Labute approximate surface area is 153 Å². The first-order valence-electron chi connectivity index (χ1n) is 8.40. The predicted molar refractivity (Wildman–Crippen MR) is 107 cm³/mol. The number of alkyl halides is 1. The molecule has 1 aliphatic heterocycles. The van der Waals surface area contributed by atoms with Gasteiger partial charge in [-0.05, 0) is 63.8 Å². The molecule has 24 heavy (non-hydrogen) atoms. The minimum absolute atomic E-state index is 0.220. The summed E-state index contributed by atoms with van der Waals surface area (Å²) in [7, 11) is 0. The maximum Gasteiger partial charge on any atom is 0.121 e. The van der Waals surface area contributed by atoms with Crippen LogP contribution < -0.4 is 15.6 Å². The van der Waals surface area contributed by atoms with Crippen molar-refractivity contribution < 1.29 is 0 Å². The van der Waals surface area contributed by atoms with Crippen molar-refractivity contribution >= 4 is 27.3 Å². The van der Waals surface area contributed by atoms with Gasteiger partial charge in [-0.1, -0.05) is 51.3 Å². The van der Waals surface area contributed by atoms with Gasteiger partial charge in [-0.15, -0.1) is 5.53 Å². The second-order valence-corrected chi connectivity index (χ2v) is 8.07. The molecule has 1 aliphatic rings. The number of aryl methyl sites for hydroxylation is 6. The van der Waals surface area contributed by atoms with Gasteiger partial charge in [0, 0.05) is 0 Å². The molecule has 2 aromatic rings. The van der Waals surface area contributed by atoms with E-state index in [0.717, 1.165) is 6.54 Å². The number of hydrazine groups is 2. The number of benzene rings is 2. The molecule has 3 nitrogen and oxygen atoms in total. The molecule has 0 amide bonds. The molecule has 4 heteroatoms. The van der Waals surface area contributed by atoms with Crippen LogP contribution in [-0.2, 0) is 0 Å². The average molecular weight is 388 g/mol. The quantitative estimate of drug-likeness (QED) is 0.577. The molecule has 1 atom stereocenters. The molecule has 0 spiro atoms. The van der Waals surface area contributed by atoms with E-state index >= 15 is 0 Å². The van der Waals surface area contributed by atoms with Crippen LogP contribution in [0.15, 0.2) is 24.3 Å². The maximum absolute atomic E-state index is 3.85. The summed E-state index contributed by atoms with van der Waals surface area (Å²) in [5.74, 6) is 0. The van der Waals surface area contributed by atoms with Gasteiger partial charge in [-0.3, -0.25) is 10.0 Å². The zero-order chi connectivity index (χ0) is 17.6. The van der Waals surface area contributed by atoms with Crippen molar-refractivity contribution in [3.05, 3.63) is 57.6 Å². The molecular formula is C20H26BrN3. The van der Waals surface area contributed by atoms with Crippen LogP contribution in [0.4, 0.5) is 11.4 Å². The van der Waals surface area contributed by atoms with E-state index in [9.17, 15) is 0 Å². The smallest absolute Gasteiger partial charge is 0.121 e. The Morgan fingerprint density at radius 2 is 1.21 bits per heavy atom. The summed E-state index contributed by atoms with van der Waals surface area (Å²) < 4.78 is 0. The van der Waals surface area contributed by atoms with Crippen molar-refractivity contribution in [2.24, 2.45) is 0 Å². The second kappa shape index (κ2) is 6.41. The third kappa shape index (κ3) is 3.05. The summed E-state index contributed by atoms with van der Waals surface area (Å²) in [5.41, 5.74) is 13.9. The zero-order valence-electron chi connectivity index (χ0n) is 15.4. The molecule has 0 saturated carbocycles. The van der Waals surface area contributed by atoms with Gasteiger partial charge < -0.3 is 0 Å². The third-order valence-electron chi connectivity index (χ3n) is 4.62. The van der Waals surface area contributed by atoms with E-state index in [2.05, 4.69) is 97.3 Å². The normalized spacial score (nSPS) is 17.7. The lowest BCUT2D eigenvalue weighted by molar-refractivity contribution is 0.723.